The molecular formula is C47H82N2O36. The van der Waals surface area contributed by atoms with Crippen LogP contribution < -0.4 is 10.6 Å². The van der Waals surface area contributed by atoms with Crippen molar-refractivity contribution in [3.63, 3.8) is 0 Å². The molecule has 6 aliphatic rings. The van der Waals surface area contributed by atoms with E-state index in [9.17, 15) is 122 Å². The number of carbonyl (C=O) groups excluding carboxylic acids is 2. The third-order valence-corrected chi connectivity index (χ3v) is 15.0. The number of hydrogen-bond acceptors (Lipinski definition) is 36. The quantitative estimate of drug-likeness (QED) is 0.0346. The lowest BCUT2D eigenvalue weighted by Crippen LogP contribution is -2.65. The lowest BCUT2D eigenvalue weighted by atomic mass is 9.97. The van der Waals surface area contributed by atoms with Crippen molar-refractivity contribution in [3.05, 3.63) is 0 Å². The summed E-state index contributed by atoms with van der Waals surface area (Å²) >= 11 is 0. The number of aliphatic hydroxyl groups excluding tert-OH is 22. The van der Waals surface area contributed by atoms with Crippen molar-refractivity contribution in [1.29, 1.82) is 0 Å². The Morgan fingerprint density at radius 2 is 0.529 bits per heavy atom. The van der Waals surface area contributed by atoms with Gasteiger partial charge in [0.05, 0.1) is 78.2 Å². The van der Waals surface area contributed by atoms with Crippen LogP contribution in [0.5, 0.6) is 0 Å². The minimum absolute atomic E-state index is 0.255. The summed E-state index contributed by atoms with van der Waals surface area (Å²) in [5.74, 6) is -1.66. The van der Waals surface area contributed by atoms with Gasteiger partial charge in [-0.1, -0.05) is 0 Å². The van der Waals surface area contributed by atoms with Crippen molar-refractivity contribution in [2.45, 2.75) is 216 Å². The number of hydrogen-bond donors (Lipinski definition) is 24. The third-order valence-electron chi connectivity index (χ3n) is 15.0. The number of aliphatic hydroxyl groups is 22. The van der Waals surface area contributed by atoms with Gasteiger partial charge in [0.1, 0.15) is 146 Å². The SMILES string of the molecule is O=C(CCCC(=O)NC(CO[C@@H]1O[C@H](CO)[C@@H](O[C@@H]2O[C@H](CO)[C@H](O)[C@H](O)[C@H]2O)[C@H](O)[C@H]1O)CO[C@@H]1O[C@H](CO)[C@@H](O[C@@H]2O[C@H](CO)[C@H](O)[C@H](O)[C@H]2O)[C@H](O)[C@H]1O)NC(CO[C@H]1O[C@H](CO)[C@@H](O)[C@H](O)[C@@H]1O)CO[C@H]1O[C@H](CO)[C@@H](O)[C@H](O)[C@@H]1O. The third kappa shape index (κ3) is 17.5. The highest BCUT2D eigenvalue weighted by Gasteiger charge is 2.54. The number of ether oxygens (including phenoxy) is 12. The van der Waals surface area contributed by atoms with Crippen molar-refractivity contribution in [2.75, 3.05) is 66.1 Å². The Balaban J connectivity index is 1.12. The molecule has 0 saturated carbocycles. The van der Waals surface area contributed by atoms with Gasteiger partial charge in [-0.15, -0.1) is 0 Å². The maximum Gasteiger partial charge on any atom is 0.220 e. The molecule has 0 aromatic carbocycles. The Labute approximate surface area is 482 Å². The van der Waals surface area contributed by atoms with Crippen molar-refractivity contribution < 1.29 is 179 Å². The molecule has 6 fully saturated rings. The molecular weight excluding hydrogens is 1170 g/mol. The van der Waals surface area contributed by atoms with Gasteiger partial charge in [0.2, 0.25) is 11.8 Å². The molecule has 38 heteroatoms. The van der Waals surface area contributed by atoms with Crippen molar-refractivity contribution in [2.24, 2.45) is 0 Å². The molecule has 6 rings (SSSR count). The van der Waals surface area contributed by atoms with E-state index in [1.807, 2.05) is 0 Å². The van der Waals surface area contributed by atoms with Crippen LogP contribution in [0.25, 0.3) is 0 Å². The first-order chi connectivity index (χ1) is 40.3. The van der Waals surface area contributed by atoms with E-state index in [0.29, 0.717) is 0 Å². The van der Waals surface area contributed by atoms with Gasteiger partial charge in [0.15, 0.2) is 37.7 Å². The first-order valence-corrected chi connectivity index (χ1v) is 27.2. The zero-order valence-electron chi connectivity index (χ0n) is 45.2. The Hall–Kier alpha value is -2.42. The predicted molar refractivity (Wildman–Crippen MR) is 262 cm³/mol. The highest BCUT2D eigenvalue weighted by atomic mass is 16.8. The second-order valence-electron chi connectivity index (χ2n) is 21.1. The molecule has 2 amide bonds. The fourth-order valence-corrected chi connectivity index (χ4v) is 9.91. The molecule has 24 N–H and O–H groups in total. The topological polar surface area (TPSA) is 614 Å². The van der Waals surface area contributed by atoms with Crippen molar-refractivity contribution in [3.8, 4) is 0 Å². The lowest BCUT2D eigenvalue weighted by molar-refractivity contribution is -0.362. The summed E-state index contributed by atoms with van der Waals surface area (Å²) in [5, 5.41) is 233. The minimum atomic E-state index is -2.08. The predicted octanol–water partition coefficient (Wildman–Crippen LogP) is -16.0. The summed E-state index contributed by atoms with van der Waals surface area (Å²) in [7, 11) is 0. The van der Waals surface area contributed by atoms with Gasteiger partial charge in [-0.2, -0.15) is 0 Å². The fraction of sp³-hybridized carbons (Fsp3) is 0.957. The molecule has 0 unspecified atom stereocenters. The molecule has 0 aromatic heterocycles. The lowest BCUT2D eigenvalue weighted by Gasteiger charge is -2.46. The Bertz CT molecular complexity index is 1870. The zero-order chi connectivity index (χ0) is 62.7. The van der Waals surface area contributed by atoms with E-state index in [1.54, 1.807) is 0 Å². The van der Waals surface area contributed by atoms with Gasteiger partial charge in [-0.05, 0) is 6.42 Å². The van der Waals surface area contributed by atoms with Gasteiger partial charge in [0.25, 0.3) is 0 Å². The smallest absolute Gasteiger partial charge is 0.220 e. The summed E-state index contributed by atoms with van der Waals surface area (Å²) in [6, 6.07) is -2.71. The molecule has 6 aliphatic heterocycles. The van der Waals surface area contributed by atoms with Gasteiger partial charge < -0.3 is 180 Å². The van der Waals surface area contributed by atoms with Crippen LogP contribution in [-0.2, 0) is 66.4 Å². The normalized spacial score (nSPS) is 44.6. The van der Waals surface area contributed by atoms with E-state index in [2.05, 4.69) is 10.6 Å². The molecule has 30 atom stereocenters. The van der Waals surface area contributed by atoms with E-state index in [4.69, 9.17) is 56.8 Å². The maximum absolute atomic E-state index is 13.6. The second-order valence-corrected chi connectivity index (χ2v) is 21.1. The van der Waals surface area contributed by atoms with Crippen LogP contribution >= 0.6 is 0 Å². The standard InChI is InChI=1S/C47H82N2O36/c50-4-16-24(58)28(62)34(68)42(78-16)74-10-14(11-75-43-35(69)29(63)25(59)17(5-51)79-43)48-22(56)2-1-3-23(57)49-15(12-76-44-38(72)32(66)40(20(8-54)82-44)84-46-36(70)30(64)26(60)18(6-52)80-46)13-77-45-39(73)33(67)41(21(9-55)83-45)85-47-37(71)31(65)27(61)19(7-53)81-47/h14-21,24-47,50-55,58-73H,1-13H2,(H,48,56)(H,49,57)/t16-,17-,18-,19-,20-,21-,24-,25-,26+,27+,28+,29+,30+,31+,32-,33-,34+,35+,36-,37-,38-,39-,40-,41-,42+,43+,44-,45-,46+,47+/m1/s1. The second kappa shape index (κ2) is 33.1. The van der Waals surface area contributed by atoms with Gasteiger partial charge in [0, 0.05) is 12.8 Å². The number of carbonyl (C=O) groups is 2. The molecule has 38 nitrogen and oxygen atoms in total. The van der Waals surface area contributed by atoms with E-state index < -0.39 is 287 Å². The van der Waals surface area contributed by atoms with E-state index >= 15 is 0 Å². The fourth-order valence-electron chi connectivity index (χ4n) is 9.91. The van der Waals surface area contributed by atoms with E-state index in [-0.39, 0.29) is 6.42 Å². The Morgan fingerprint density at radius 3 is 0.788 bits per heavy atom. The average molecular weight is 1250 g/mol. The maximum atomic E-state index is 13.6. The number of nitrogens with one attached hydrogen (secondary N) is 2. The van der Waals surface area contributed by atoms with Crippen LogP contribution in [0.2, 0.25) is 0 Å². The summed E-state index contributed by atoms with van der Waals surface area (Å²) in [6.07, 6.45) is -55.1. The molecule has 6 heterocycles. The Morgan fingerprint density at radius 1 is 0.306 bits per heavy atom. The summed E-state index contributed by atoms with van der Waals surface area (Å²) < 4.78 is 66.5. The molecule has 0 aliphatic carbocycles. The molecule has 0 radical (unpaired) electrons. The van der Waals surface area contributed by atoms with Crippen LogP contribution in [0.1, 0.15) is 19.3 Å². The summed E-state index contributed by atoms with van der Waals surface area (Å²) in [5.41, 5.74) is 0. The van der Waals surface area contributed by atoms with E-state index in [1.165, 1.54) is 0 Å². The van der Waals surface area contributed by atoms with Gasteiger partial charge >= 0.3 is 0 Å². The molecule has 496 valence electrons. The van der Waals surface area contributed by atoms with E-state index in [0.717, 1.165) is 0 Å². The summed E-state index contributed by atoms with van der Waals surface area (Å²) in [4.78, 5) is 27.0. The molecule has 0 aromatic rings. The van der Waals surface area contributed by atoms with Crippen molar-refractivity contribution >= 4 is 11.8 Å². The molecule has 85 heavy (non-hydrogen) atoms. The van der Waals surface area contributed by atoms with Crippen LogP contribution in [-0.4, -0.2) is 387 Å². The Kier molecular flexibility index (Phi) is 27.9. The van der Waals surface area contributed by atoms with Crippen LogP contribution in [0.4, 0.5) is 0 Å². The highest BCUT2D eigenvalue weighted by Crippen LogP contribution is 2.33. The largest absolute Gasteiger partial charge is 0.394 e. The average Bonchev–Trinajstić information content (AvgIpc) is 3.66. The van der Waals surface area contributed by atoms with Gasteiger partial charge in [-0.3, -0.25) is 9.59 Å². The highest BCUT2D eigenvalue weighted by molar-refractivity contribution is 5.79. The first-order valence-electron chi connectivity index (χ1n) is 27.2. The minimum Gasteiger partial charge on any atom is -0.394 e. The molecule has 0 spiro atoms. The van der Waals surface area contributed by atoms with Crippen LogP contribution in [0.3, 0.4) is 0 Å². The molecule has 0 bridgehead atoms. The molecule has 6 saturated heterocycles. The monoisotopic (exact) mass is 1250 g/mol. The van der Waals surface area contributed by atoms with Crippen LogP contribution in [0, 0.1) is 0 Å². The number of rotatable bonds is 28. The zero-order valence-corrected chi connectivity index (χ0v) is 45.2. The van der Waals surface area contributed by atoms with Gasteiger partial charge in [-0.25, -0.2) is 0 Å². The number of amides is 2. The van der Waals surface area contributed by atoms with Crippen LogP contribution in [0.15, 0.2) is 0 Å². The van der Waals surface area contributed by atoms with Crippen molar-refractivity contribution in [1.82, 2.24) is 10.6 Å². The summed E-state index contributed by atoms with van der Waals surface area (Å²) in [6.45, 7) is -8.03. The first kappa shape index (κ1) is 71.7.